The molecule has 8 nitrogen and oxygen atoms in total. The lowest BCUT2D eigenvalue weighted by atomic mass is 10.1. The first-order valence-electron chi connectivity index (χ1n) is 10.3. The number of alkyl halides is 1. The number of anilines is 3. The Morgan fingerprint density at radius 3 is 2.78 bits per heavy atom. The molecule has 1 amide bonds. The maximum atomic E-state index is 13.4. The molecule has 0 bridgehead atoms. The Kier molecular flexibility index (Phi) is 7.18. The van der Waals surface area contributed by atoms with E-state index < -0.39 is 12.6 Å². The Morgan fingerprint density at radius 1 is 1.31 bits per heavy atom. The standard InChI is InChI=1S/C20H25ClFN7OS2/c1-11-13(9-22)17(18(21)31-11)27-19(30)14-10-23-20(32-14)26-15-8-16(25-12(2)24-15)29-6-4-28(3)5-7-29/h8,10-11,13H,4-7,9H2,1-3H3,(H,27,30)(H,23,24,25,26). The van der Waals surface area contributed by atoms with E-state index >= 15 is 0 Å². The molecule has 2 aromatic heterocycles. The summed E-state index contributed by atoms with van der Waals surface area (Å²) in [4.78, 5) is 30.9. The minimum absolute atomic E-state index is 0.0167. The van der Waals surface area contributed by atoms with Crippen molar-refractivity contribution in [3.05, 3.63) is 33.0 Å². The number of halogens is 2. The number of likely N-dealkylation sites (N-methyl/N-ethyl adjacent to an activating group) is 1. The van der Waals surface area contributed by atoms with Gasteiger partial charge < -0.3 is 20.4 Å². The molecule has 2 atom stereocenters. The van der Waals surface area contributed by atoms with Crippen molar-refractivity contribution in [2.45, 2.75) is 19.1 Å². The van der Waals surface area contributed by atoms with Crippen molar-refractivity contribution in [2.75, 3.05) is 50.1 Å². The zero-order valence-corrected chi connectivity index (χ0v) is 20.5. The van der Waals surface area contributed by atoms with E-state index in [-0.39, 0.29) is 11.2 Å². The van der Waals surface area contributed by atoms with Gasteiger partial charge in [0.15, 0.2) is 5.13 Å². The number of allylic oxidation sites excluding steroid dienone is 1. The van der Waals surface area contributed by atoms with Gasteiger partial charge in [-0.1, -0.05) is 29.9 Å². The maximum absolute atomic E-state index is 13.4. The fraction of sp³-hybridized carbons (Fsp3) is 0.500. The highest BCUT2D eigenvalue weighted by atomic mass is 35.5. The molecule has 1 saturated heterocycles. The number of thiazole rings is 1. The minimum atomic E-state index is -0.571. The monoisotopic (exact) mass is 497 g/mol. The lowest BCUT2D eigenvalue weighted by Crippen LogP contribution is -2.44. The van der Waals surface area contributed by atoms with E-state index in [9.17, 15) is 9.18 Å². The van der Waals surface area contributed by atoms with E-state index in [2.05, 4.69) is 42.4 Å². The van der Waals surface area contributed by atoms with Gasteiger partial charge >= 0.3 is 0 Å². The summed E-state index contributed by atoms with van der Waals surface area (Å²) in [6, 6.07) is 1.90. The molecule has 0 radical (unpaired) electrons. The smallest absolute Gasteiger partial charge is 0.267 e. The van der Waals surface area contributed by atoms with Crippen molar-refractivity contribution in [2.24, 2.45) is 5.92 Å². The van der Waals surface area contributed by atoms with E-state index in [0.29, 0.717) is 31.7 Å². The number of amides is 1. The molecule has 2 unspecified atom stereocenters. The molecule has 0 spiro atoms. The molecule has 2 aromatic rings. The first-order chi connectivity index (χ1) is 15.3. The summed E-state index contributed by atoms with van der Waals surface area (Å²) < 4.78 is 13.8. The molecule has 0 aliphatic carbocycles. The second-order valence-electron chi connectivity index (χ2n) is 7.83. The van der Waals surface area contributed by atoms with Gasteiger partial charge in [0.1, 0.15) is 22.3 Å². The third-order valence-electron chi connectivity index (χ3n) is 5.47. The summed E-state index contributed by atoms with van der Waals surface area (Å²) in [6.07, 6.45) is 1.49. The number of nitrogens with one attached hydrogen (secondary N) is 2. The van der Waals surface area contributed by atoms with Gasteiger partial charge in [0, 0.05) is 43.4 Å². The number of aryl methyl sites for hydroxylation is 1. The number of aromatic nitrogens is 3. The number of rotatable bonds is 6. The summed E-state index contributed by atoms with van der Waals surface area (Å²) >= 11 is 8.77. The van der Waals surface area contributed by atoms with Crippen molar-refractivity contribution in [1.29, 1.82) is 0 Å². The summed E-state index contributed by atoms with van der Waals surface area (Å²) in [7, 11) is 2.11. The molecule has 4 rings (SSSR count). The highest BCUT2D eigenvalue weighted by molar-refractivity contribution is 8.05. The molecule has 0 aromatic carbocycles. The van der Waals surface area contributed by atoms with Crippen molar-refractivity contribution in [3.63, 3.8) is 0 Å². The van der Waals surface area contributed by atoms with Crippen molar-refractivity contribution >= 4 is 57.4 Å². The Bertz CT molecular complexity index is 1030. The zero-order chi connectivity index (χ0) is 22.8. The predicted molar refractivity (Wildman–Crippen MR) is 129 cm³/mol. The Morgan fingerprint density at radius 2 is 2.06 bits per heavy atom. The Balaban J connectivity index is 1.44. The lowest BCUT2D eigenvalue weighted by Gasteiger charge is -2.33. The number of carbonyl (C=O) groups excluding carboxylic acids is 1. The largest absolute Gasteiger partial charge is 0.354 e. The van der Waals surface area contributed by atoms with Gasteiger partial charge in [-0.3, -0.25) is 9.18 Å². The lowest BCUT2D eigenvalue weighted by molar-refractivity contribution is 0.0964. The summed E-state index contributed by atoms with van der Waals surface area (Å²) in [5.74, 6) is 1.38. The number of thioether (sulfide) groups is 1. The van der Waals surface area contributed by atoms with Crippen LogP contribution in [0.15, 0.2) is 22.3 Å². The highest BCUT2D eigenvalue weighted by Crippen LogP contribution is 2.43. The van der Waals surface area contributed by atoms with Gasteiger partial charge in [0.25, 0.3) is 5.91 Å². The van der Waals surface area contributed by atoms with Gasteiger partial charge in [-0.25, -0.2) is 15.0 Å². The fourth-order valence-corrected chi connectivity index (χ4v) is 5.93. The minimum Gasteiger partial charge on any atom is -0.354 e. The number of carbonyl (C=O) groups is 1. The molecule has 12 heteroatoms. The molecule has 2 aliphatic rings. The SMILES string of the molecule is Cc1nc(Nc2ncc(C(=O)NC3=C(Cl)SC(C)C3CF)s2)cc(N2CCN(C)CC2)n1. The second-order valence-corrected chi connectivity index (χ2v) is 10.8. The van der Waals surface area contributed by atoms with Crippen LogP contribution in [-0.2, 0) is 0 Å². The predicted octanol–water partition coefficient (Wildman–Crippen LogP) is 3.60. The van der Waals surface area contributed by atoms with Crippen LogP contribution in [0.25, 0.3) is 0 Å². The van der Waals surface area contributed by atoms with Gasteiger partial charge in [0.2, 0.25) is 0 Å². The molecule has 32 heavy (non-hydrogen) atoms. The van der Waals surface area contributed by atoms with Crippen LogP contribution >= 0.6 is 34.7 Å². The quantitative estimate of drug-likeness (QED) is 0.626. The van der Waals surface area contributed by atoms with Gasteiger partial charge in [-0.15, -0.1) is 11.8 Å². The van der Waals surface area contributed by atoms with Crippen LogP contribution < -0.4 is 15.5 Å². The van der Waals surface area contributed by atoms with E-state index in [1.165, 1.54) is 29.3 Å². The maximum Gasteiger partial charge on any atom is 0.267 e. The van der Waals surface area contributed by atoms with Crippen LogP contribution in [0.2, 0.25) is 0 Å². The van der Waals surface area contributed by atoms with Crippen LogP contribution in [0.3, 0.4) is 0 Å². The number of hydrogen-bond donors (Lipinski definition) is 2. The number of piperazine rings is 1. The first-order valence-corrected chi connectivity index (χ1v) is 12.4. The van der Waals surface area contributed by atoms with Crippen molar-refractivity contribution in [1.82, 2.24) is 25.2 Å². The summed E-state index contributed by atoms with van der Waals surface area (Å²) in [5.41, 5.74) is 0.447. The fourth-order valence-electron chi connectivity index (χ4n) is 3.58. The van der Waals surface area contributed by atoms with E-state index in [1.54, 1.807) is 0 Å². The zero-order valence-electron chi connectivity index (χ0n) is 18.1. The van der Waals surface area contributed by atoms with E-state index in [1.807, 2.05) is 19.9 Å². The topological polar surface area (TPSA) is 86.3 Å². The van der Waals surface area contributed by atoms with Crippen LogP contribution in [0, 0.1) is 12.8 Å². The van der Waals surface area contributed by atoms with Crippen LogP contribution in [0.5, 0.6) is 0 Å². The molecule has 2 aliphatic heterocycles. The van der Waals surface area contributed by atoms with Gasteiger partial charge in [-0.2, -0.15) is 0 Å². The molecule has 2 N–H and O–H groups in total. The number of nitrogens with zero attached hydrogens (tertiary/aromatic N) is 5. The average Bonchev–Trinajstić information content (AvgIpc) is 3.32. The molecule has 0 saturated carbocycles. The van der Waals surface area contributed by atoms with Gasteiger partial charge in [-0.05, 0) is 14.0 Å². The summed E-state index contributed by atoms with van der Waals surface area (Å²) in [5, 5.41) is 6.47. The van der Waals surface area contributed by atoms with Crippen LogP contribution in [0.1, 0.15) is 22.4 Å². The number of hydrogen-bond acceptors (Lipinski definition) is 9. The molecule has 1 fully saturated rings. The first kappa shape index (κ1) is 23.2. The van der Waals surface area contributed by atoms with Crippen molar-refractivity contribution < 1.29 is 9.18 Å². The van der Waals surface area contributed by atoms with Crippen LogP contribution in [-0.4, -0.2) is 70.9 Å². The Hall–Kier alpha value is -1.95. The summed E-state index contributed by atoms with van der Waals surface area (Å²) in [6.45, 7) is 6.95. The third kappa shape index (κ3) is 5.16. The van der Waals surface area contributed by atoms with Crippen molar-refractivity contribution in [3.8, 4) is 0 Å². The average molecular weight is 498 g/mol. The molecule has 172 valence electrons. The molecular formula is C20H25ClFN7OS2. The van der Waals surface area contributed by atoms with E-state index in [0.717, 1.165) is 32.0 Å². The van der Waals surface area contributed by atoms with Crippen LogP contribution in [0.4, 0.5) is 21.2 Å². The normalized spacial score (nSPS) is 21.8. The van der Waals surface area contributed by atoms with E-state index in [4.69, 9.17) is 11.6 Å². The second kappa shape index (κ2) is 9.90. The molecular weight excluding hydrogens is 473 g/mol. The van der Waals surface area contributed by atoms with Gasteiger partial charge in [0.05, 0.1) is 22.9 Å². The highest BCUT2D eigenvalue weighted by Gasteiger charge is 2.33. The Labute approximate surface area is 199 Å². The molecule has 4 heterocycles. The third-order valence-corrected chi connectivity index (χ3v) is 7.98.